The topological polar surface area (TPSA) is 62.3 Å². The Labute approximate surface area is 134 Å². The summed E-state index contributed by atoms with van der Waals surface area (Å²) in [4.78, 5) is 14.4. The zero-order valence-corrected chi connectivity index (χ0v) is 13.0. The Morgan fingerprint density at radius 3 is 2.65 bits per heavy atom. The molecule has 0 amide bonds. The highest BCUT2D eigenvalue weighted by atomic mass is 16.5. The number of H-pyrrole nitrogens is 1. The van der Waals surface area contributed by atoms with Crippen molar-refractivity contribution < 1.29 is 14.6 Å². The lowest BCUT2D eigenvalue weighted by molar-refractivity contribution is 0.0690. The average molecular weight is 309 g/mol. The summed E-state index contributed by atoms with van der Waals surface area (Å²) in [6, 6.07) is 15.6. The number of aromatic amines is 1. The zero-order valence-electron chi connectivity index (χ0n) is 13.0. The number of aromatic carboxylic acids is 1. The summed E-state index contributed by atoms with van der Waals surface area (Å²) in [5.41, 5.74) is 3.06. The molecule has 0 spiro atoms. The van der Waals surface area contributed by atoms with Crippen LogP contribution in [0.5, 0.6) is 5.75 Å². The molecule has 0 saturated heterocycles. The van der Waals surface area contributed by atoms with Crippen molar-refractivity contribution >= 4 is 16.9 Å². The van der Waals surface area contributed by atoms with Crippen LogP contribution >= 0.6 is 0 Å². The fourth-order valence-electron chi connectivity index (χ4n) is 2.75. The SMILES string of the molecule is CCCc1c(C(=O)O)[nH]c2ccc(OCc3ccccc3)cc12. The number of carboxylic acids is 1. The minimum atomic E-state index is -0.920. The first kappa shape index (κ1) is 15.2. The second-order valence-electron chi connectivity index (χ2n) is 5.52. The van der Waals surface area contributed by atoms with Crippen molar-refractivity contribution in [2.75, 3.05) is 0 Å². The van der Waals surface area contributed by atoms with Crippen molar-refractivity contribution in [1.82, 2.24) is 4.98 Å². The molecule has 118 valence electrons. The molecule has 1 aromatic heterocycles. The molecule has 4 nitrogen and oxygen atoms in total. The fourth-order valence-corrected chi connectivity index (χ4v) is 2.75. The maximum Gasteiger partial charge on any atom is 0.352 e. The molecule has 4 heteroatoms. The third kappa shape index (κ3) is 3.21. The molecule has 2 N–H and O–H groups in total. The quantitative estimate of drug-likeness (QED) is 0.709. The number of benzene rings is 2. The van der Waals surface area contributed by atoms with E-state index in [1.54, 1.807) is 0 Å². The number of hydrogen-bond donors (Lipinski definition) is 2. The van der Waals surface area contributed by atoms with Crippen molar-refractivity contribution in [3.8, 4) is 5.75 Å². The first-order valence-corrected chi connectivity index (χ1v) is 7.73. The second kappa shape index (κ2) is 6.57. The van der Waals surface area contributed by atoms with E-state index in [1.165, 1.54) is 0 Å². The van der Waals surface area contributed by atoms with Crippen LogP contribution in [-0.4, -0.2) is 16.1 Å². The van der Waals surface area contributed by atoms with Gasteiger partial charge >= 0.3 is 5.97 Å². The summed E-state index contributed by atoms with van der Waals surface area (Å²) in [5, 5.41) is 10.3. The van der Waals surface area contributed by atoms with Crippen LogP contribution in [0.2, 0.25) is 0 Å². The Morgan fingerprint density at radius 1 is 1.17 bits per heavy atom. The lowest BCUT2D eigenvalue weighted by Crippen LogP contribution is -2.01. The van der Waals surface area contributed by atoms with Crippen LogP contribution in [-0.2, 0) is 13.0 Å². The van der Waals surface area contributed by atoms with Crippen LogP contribution in [0.3, 0.4) is 0 Å². The second-order valence-corrected chi connectivity index (χ2v) is 5.52. The van der Waals surface area contributed by atoms with Crippen molar-refractivity contribution in [2.24, 2.45) is 0 Å². The number of nitrogens with one attached hydrogen (secondary N) is 1. The molecule has 0 aliphatic heterocycles. The Kier molecular flexibility index (Phi) is 4.33. The van der Waals surface area contributed by atoms with Crippen LogP contribution in [0, 0.1) is 0 Å². The smallest absolute Gasteiger partial charge is 0.352 e. The molecular weight excluding hydrogens is 290 g/mol. The molecule has 3 rings (SSSR count). The summed E-state index contributed by atoms with van der Waals surface area (Å²) < 4.78 is 5.84. The molecule has 3 aromatic rings. The number of hydrogen-bond acceptors (Lipinski definition) is 2. The van der Waals surface area contributed by atoms with E-state index < -0.39 is 5.97 Å². The van der Waals surface area contributed by atoms with Crippen LogP contribution in [0.4, 0.5) is 0 Å². The first-order valence-electron chi connectivity index (χ1n) is 7.73. The van der Waals surface area contributed by atoms with E-state index in [0.29, 0.717) is 6.61 Å². The molecule has 0 unspecified atom stereocenters. The van der Waals surface area contributed by atoms with Crippen molar-refractivity contribution in [1.29, 1.82) is 0 Å². The Hall–Kier alpha value is -2.75. The molecule has 0 radical (unpaired) electrons. The van der Waals surface area contributed by atoms with Crippen molar-refractivity contribution in [3.05, 3.63) is 65.4 Å². The van der Waals surface area contributed by atoms with Gasteiger partial charge in [-0.3, -0.25) is 0 Å². The molecular formula is C19H19NO3. The highest BCUT2D eigenvalue weighted by Gasteiger charge is 2.16. The Balaban J connectivity index is 1.91. The maximum absolute atomic E-state index is 11.4. The van der Waals surface area contributed by atoms with Crippen LogP contribution in [0.15, 0.2) is 48.5 Å². The van der Waals surface area contributed by atoms with Gasteiger partial charge in [0, 0.05) is 10.9 Å². The summed E-state index contributed by atoms with van der Waals surface area (Å²) >= 11 is 0. The number of fused-ring (bicyclic) bond motifs is 1. The van der Waals surface area contributed by atoms with Gasteiger partial charge in [-0.05, 0) is 35.7 Å². The summed E-state index contributed by atoms with van der Waals surface area (Å²) in [5.74, 6) is -0.175. The standard InChI is InChI=1S/C19H19NO3/c1-2-6-15-16-11-14(23-12-13-7-4-3-5-8-13)9-10-17(16)20-18(15)19(21)22/h3-5,7-11,20H,2,6,12H2,1H3,(H,21,22). The van der Waals surface area contributed by atoms with E-state index in [-0.39, 0.29) is 5.69 Å². The van der Waals surface area contributed by atoms with Crippen LogP contribution in [0.1, 0.15) is 35.0 Å². The van der Waals surface area contributed by atoms with E-state index in [2.05, 4.69) is 4.98 Å². The summed E-state index contributed by atoms with van der Waals surface area (Å²) in [6.07, 6.45) is 1.62. The fraction of sp³-hybridized carbons (Fsp3) is 0.211. The molecule has 0 aliphatic carbocycles. The molecule has 2 aromatic carbocycles. The number of carbonyl (C=O) groups is 1. The third-order valence-corrected chi connectivity index (χ3v) is 3.84. The minimum Gasteiger partial charge on any atom is -0.489 e. The van der Waals surface area contributed by atoms with Crippen LogP contribution < -0.4 is 4.74 Å². The number of carboxylic acid groups (broad SMARTS) is 1. The predicted molar refractivity (Wildman–Crippen MR) is 90.0 cm³/mol. The van der Waals surface area contributed by atoms with Gasteiger partial charge < -0.3 is 14.8 Å². The monoisotopic (exact) mass is 309 g/mol. The van der Waals surface area contributed by atoms with E-state index in [0.717, 1.165) is 40.6 Å². The van der Waals surface area contributed by atoms with E-state index >= 15 is 0 Å². The number of aromatic nitrogens is 1. The zero-order chi connectivity index (χ0) is 16.2. The van der Waals surface area contributed by atoms with Gasteiger partial charge in [-0.15, -0.1) is 0 Å². The lowest BCUT2D eigenvalue weighted by Gasteiger charge is -2.07. The lowest BCUT2D eigenvalue weighted by atomic mass is 10.1. The van der Waals surface area contributed by atoms with E-state index in [1.807, 2.05) is 55.5 Å². The normalized spacial score (nSPS) is 10.8. The van der Waals surface area contributed by atoms with Crippen molar-refractivity contribution in [2.45, 2.75) is 26.4 Å². The molecule has 1 heterocycles. The van der Waals surface area contributed by atoms with Gasteiger partial charge in [0.25, 0.3) is 0 Å². The average Bonchev–Trinajstić information content (AvgIpc) is 2.93. The predicted octanol–water partition coefficient (Wildman–Crippen LogP) is 4.40. The van der Waals surface area contributed by atoms with Gasteiger partial charge in [0.1, 0.15) is 18.1 Å². The summed E-state index contributed by atoms with van der Waals surface area (Å²) in [7, 11) is 0. The molecule has 23 heavy (non-hydrogen) atoms. The molecule has 0 fully saturated rings. The third-order valence-electron chi connectivity index (χ3n) is 3.84. The van der Waals surface area contributed by atoms with Gasteiger partial charge in [-0.2, -0.15) is 0 Å². The molecule has 0 aliphatic rings. The molecule has 0 bridgehead atoms. The Morgan fingerprint density at radius 2 is 1.96 bits per heavy atom. The van der Waals surface area contributed by atoms with Gasteiger partial charge in [-0.25, -0.2) is 4.79 Å². The van der Waals surface area contributed by atoms with E-state index in [4.69, 9.17) is 4.74 Å². The van der Waals surface area contributed by atoms with Crippen LogP contribution in [0.25, 0.3) is 10.9 Å². The highest BCUT2D eigenvalue weighted by Crippen LogP contribution is 2.28. The Bertz CT molecular complexity index is 821. The number of aryl methyl sites for hydroxylation is 1. The van der Waals surface area contributed by atoms with Gasteiger partial charge in [0.05, 0.1) is 0 Å². The van der Waals surface area contributed by atoms with Gasteiger partial charge in [-0.1, -0.05) is 43.7 Å². The van der Waals surface area contributed by atoms with E-state index in [9.17, 15) is 9.90 Å². The highest BCUT2D eigenvalue weighted by molar-refractivity contribution is 5.97. The molecule has 0 atom stereocenters. The first-order chi connectivity index (χ1) is 11.2. The molecule has 0 saturated carbocycles. The number of rotatable bonds is 6. The summed E-state index contributed by atoms with van der Waals surface area (Å²) in [6.45, 7) is 2.53. The van der Waals surface area contributed by atoms with Gasteiger partial charge in [0.15, 0.2) is 0 Å². The minimum absolute atomic E-state index is 0.280. The number of ether oxygens (including phenoxy) is 1. The van der Waals surface area contributed by atoms with Gasteiger partial charge in [0.2, 0.25) is 0 Å². The maximum atomic E-state index is 11.4. The largest absolute Gasteiger partial charge is 0.489 e. The van der Waals surface area contributed by atoms with Crippen molar-refractivity contribution in [3.63, 3.8) is 0 Å².